The number of fused-ring (bicyclic) bond motifs is 1. The van der Waals surface area contributed by atoms with Crippen molar-refractivity contribution in [3.63, 3.8) is 0 Å². The first-order valence-electron chi connectivity index (χ1n) is 7.78. The Bertz CT molecular complexity index is 1080. The van der Waals surface area contributed by atoms with Crippen LogP contribution in [0.4, 0.5) is 5.13 Å². The van der Waals surface area contributed by atoms with Crippen molar-refractivity contribution in [1.29, 1.82) is 0 Å². The van der Waals surface area contributed by atoms with E-state index < -0.39 is 5.91 Å². The third-order valence-corrected chi connectivity index (χ3v) is 5.49. The van der Waals surface area contributed by atoms with Gasteiger partial charge in [-0.2, -0.15) is 0 Å². The molecule has 0 atom stereocenters. The average Bonchev–Trinajstić information content (AvgIpc) is 3.04. The highest BCUT2D eigenvalue weighted by atomic mass is 32.2. The smallest absolute Gasteiger partial charge is 0.279 e. The number of nitrogens with zero attached hydrogens (tertiary/aromatic N) is 2. The number of aromatic hydroxyl groups is 1. The second kappa shape index (κ2) is 7.15. The molecule has 4 rings (SSSR count). The maximum atomic E-state index is 12.2. The van der Waals surface area contributed by atoms with Crippen LogP contribution in [0.1, 0.15) is 10.5 Å². The van der Waals surface area contributed by atoms with E-state index in [1.54, 1.807) is 17.8 Å². The van der Waals surface area contributed by atoms with Gasteiger partial charge in [-0.25, -0.2) is 9.97 Å². The van der Waals surface area contributed by atoms with Gasteiger partial charge in [-0.05, 0) is 42.5 Å². The number of thiazole rings is 1. The number of pyridine rings is 1. The van der Waals surface area contributed by atoms with E-state index >= 15 is 0 Å². The number of carbonyl (C=O) groups is 1. The molecule has 2 aromatic carbocycles. The zero-order chi connectivity index (χ0) is 17.9. The summed E-state index contributed by atoms with van der Waals surface area (Å²) < 4.78 is 0.978. The molecular formula is C19H13N3O2S2. The summed E-state index contributed by atoms with van der Waals surface area (Å²) in [5.41, 5.74) is 0.792. The highest BCUT2D eigenvalue weighted by molar-refractivity contribution is 7.99. The van der Waals surface area contributed by atoms with Crippen LogP contribution in [0.25, 0.3) is 10.2 Å². The van der Waals surface area contributed by atoms with Gasteiger partial charge < -0.3 is 5.11 Å². The Hall–Kier alpha value is -2.90. The Labute approximate surface area is 157 Å². The molecule has 0 aliphatic carbocycles. The lowest BCUT2D eigenvalue weighted by molar-refractivity contribution is 0.101. The first-order chi connectivity index (χ1) is 12.7. The summed E-state index contributed by atoms with van der Waals surface area (Å²) in [6.45, 7) is 0. The lowest BCUT2D eigenvalue weighted by Gasteiger charge is -2.02. The van der Waals surface area contributed by atoms with Crippen LogP contribution in [-0.2, 0) is 0 Å². The van der Waals surface area contributed by atoms with Crippen molar-refractivity contribution in [2.45, 2.75) is 9.79 Å². The number of hydrogen-bond acceptors (Lipinski definition) is 6. The quantitative estimate of drug-likeness (QED) is 0.533. The van der Waals surface area contributed by atoms with Crippen LogP contribution in [0.5, 0.6) is 5.75 Å². The van der Waals surface area contributed by atoms with Gasteiger partial charge in [-0.15, -0.1) is 0 Å². The number of aromatic nitrogens is 2. The maximum absolute atomic E-state index is 12.2. The summed E-state index contributed by atoms with van der Waals surface area (Å²) in [5, 5.41) is 12.9. The molecule has 0 unspecified atom stereocenters. The predicted molar refractivity (Wildman–Crippen MR) is 104 cm³/mol. The minimum atomic E-state index is -0.485. The lowest BCUT2D eigenvalue weighted by atomic mass is 10.3. The molecule has 0 radical (unpaired) electrons. The van der Waals surface area contributed by atoms with Crippen molar-refractivity contribution in [3.05, 3.63) is 72.6 Å². The van der Waals surface area contributed by atoms with E-state index in [4.69, 9.17) is 0 Å². The van der Waals surface area contributed by atoms with Gasteiger partial charge in [0.25, 0.3) is 5.91 Å². The molecule has 0 aliphatic rings. The second-order valence-corrected chi connectivity index (χ2v) is 7.57. The van der Waals surface area contributed by atoms with Gasteiger partial charge in [0.1, 0.15) is 5.75 Å². The average molecular weight is 379 g/mol. The van der Waals surface area contributed by atoms with Crippen LogP contribution < -0.4 is 5.32 Å². The number of benzene rings is 2. The van der Waals surface area contributed by atoms with Gasteiger partial charge in [-0.3, -0.25) is 10.1 Å². The van der Waals surface area contributed by atoms with Gasteiger partial charge >= 0.3 is 0 Å². The fourth-order valence-corrected chi connectivity index (χ4v) is 4.23. The minimum Gasteiger partial charge on any atom is -0.505 e. The summed E-state index contributed by atoms with van der Waals surface area (Å²) in [7, 11) is 0. The van der Waals surface area contributed by atoms with E-state index in [0.29, 0.717) is 5.13 Å². The van der Waals surface area contributed by atoms with Gasteiger partial charge in [-0.1, -0.05) is 41.3 Å². The molecule has 1 amide bonds. The number of nitrogens with one attached hydrogen (secondary N) is 1. The number of carbonyl (C=O) groups excluding carboxylic acids is 1. The monoisotopic (exact) mass is 379 g/mol. The summed E-state index contributed by atoms with van der Waals surface area (Å²) >= 11 is 3.06. The Balaban J connectivity index is 1.56. The summed E-state index contributed by atoms with van der Waals surface area (Å²) in [6, 6.07) is 19.1. The predicted octanol–water partition coefficient (Wildman–Crippen LogP) is 4.80. The fraction of sp³-hybridized carbons (Fsp3) is 0. The molecule has 0 bridgehead atoms. The number of amides is 1. The van der Waals surface area contributed by atoms with Crippen LogP contribution in [0.2, 0.25) is 0 Å². The molecule has 2 N–H and O–H groups in total. The van der Waals surface area contributed by atoms with Crippen LogP contribution in [-0.4, -0.2) is 21.0 Å². The minimum absolute atomic E-state index is 0.0212. The van der Waals surface area contributed by atoms with E-state index in [0.717, 1.165) is 20.0 Å². The van der Waals surface area contributed by atoms with E-state index in [-0.39, 0.29) is 11.4 Å². The first-order valence-corrected chi connectivity index (χ1v) is 9.41. The summed E-state index contributed by atoms with van der Waals surface area (Å²) in [6.07, 6.45) is 1.46. The SMILES string of the molecule is O=C(Nc1nc2ccc(Sc3ccccc3)cc2s1)c1ncccc1O. The lowest BCUT2D eigenvalue weighted by Crippen LogP contribution is -2.13. The fourth-order valence-electron chi connectivity index (χ4n) is 2.37. The van der Waals surface area contributed by atoms with E-state index in [9.17, 15) is 9.90 Å². The Kier molecular flexibility index (Phi) is 4.55. The third-order valence-electron chi connectivity index (χ3n) is 3.56. The molecule has 128 valence electrons. The highest BCUT2D eigenvalue weighted by Crippen LogP contribution is 2.33. The van der Waals surface area contributed by atoms with Crippen LogP contribution >= 0.6 is 23.1 Å². The van der Waals surface area contributed by atoms with E-state index in [1.165, 1.54) is 23.6 Å². The van der Waals surface area contributed by atoms with Crippen molar-refractivity contribution in [3.8, 4) is 5.75 Å². The van der Waals surface area contributed by atoms with E-state index in [1.807, 2.05) is 30.3 Å². The number of hydrogen-bond donors (Lipinski definition) is 2. The molecule has 2 aromatic heterocycles. The van der Waals surface area contributed by atoms with Crippen molar-refractivity contribution >= 4 is 44.4 Å². The molecule has 2 heterocycles. The molecule has 26 heavy (non-hydrogen) atoms. The zero-order valence-corrected chi connectivity index (χ0v) is 15.1. The molecule has 0 fully saturated rings. The summed E-state index contributed by atoms with van der Waals surface area (Å²) in [4.78, 5) is 22.8. The Morgan fingerprint density at radius 1 is 1.04 bits per heavy atom. The molecule has 0 aliphatic heterocycles. The van der Waals surface area contributed by atoms with Crippen LogP contribution in [0.15, 0.2) is 76.7 Å². The topological polar surface area (TPSA) is 75.1 Å². The number of rotatable bonds is 4. The van der Waals surface area contributed by atoms with Crippen molar-refractivity contribution < 1.29 is 9.90 Å². The molecule has 0 saturated heterocycles. The maximum Gasteiger partial charge on any atom is 0.279 e. The normalized spacial score (nSPS) is 10.8. The van der Waals surface area contributed by atoms with Crippen molar-refractivity contribution in [1.82, 2.24) is 9.97 Å². The second-order valence-electron chi connectivity index (χ2n) is 5.39. The van der Waals surface area contributed by atoms with Gasteiger partial charge in [0.05, 0.1) is 10.2 Å². The van der Waals surface area contributed by atoms with Crippen LogP contribution in [0.3, 0.4) is 0 Å². The first kappa shape index (κ1) is 16.6. The van der Waals surface area contributed by atoms with Gasteiger partial charge in [0, 0.05) is 16.0 Å². The molecule has 7 heteroatoms. The highest BCUT2D eigenvalue weighted by Gasteiger charge is 2.14. The standard InChI is InChI=1S/C19H13N3O2S2/c23-15-7-4-10-20-17(15)18(24)22-19-21-14-9-8-13(11-16(14)26-19)25-12-5-2-1-3-6-12/h1-11,23H,(H,21,22,24). The molecule has 0 saturated carbocycles. The largest absolute Gasteiger partial charge is 0.505 e. The Morgan fingerprint density at radius 3 is 2.69 bits per heavy atom. The Morgan fingerprint density at radius 2 is 1.88 bits per heavy atom. The van der Waals surface area contributed by atoms with Crippen molar-refractivity contribution in [2.24, 2.45) is 0 Å². The third kappa shape index (κ3) is 3.54. The van der Waals surface area contributed by atoms with Crippen molar-refractivity contribution in [2.75, 3.05) is 5.32 Å². The number of anilines is 1. The summed E-state index contributed by atoms with van der Waals surface area (Å²) in [5.74, 6) is -0.645. The molecular weight excluding hydrogens is 366 g/mol. The molecule has 0 spiro atoms. The van der Waals surface area contributed by atoms with Gasteiger partial charge in [0.15, 0.2) is 10.8 Å². The van der Waals surface area contributed by atoms with Gasteiger partial charge in [0.2, 0.25) is 0 Å². The molecule has 5 nitrogen and oxygen atoms in total. The van der Waals surface area contributed by atoms with Crippen LogP contribution in [0, 0.1) is 0 Å². The van der Waals surface area contributed by atoms with E-state index in [2.05, 4.69) is 33.5 Å². The zero-order valence-electron chi connectivity index (χ0n) is 13.4. The molecule has 4 aromatic rings.